The fourth-order valence-electron chi connectivity index (χ4n) is 1.22. The van der Waals surface area contributed by atoms with Crippen LogP contribution < -0.4 is 10.6 Å². The standard InChI is InChI=1S/C12H18N2O2/c1-9(16-3)8-13-11-4-6-12(7-5-11)14-10(2)15/h4-7,9,13H,8H2,1-3H3,(H,14,15). The first-order valence-electron chi connectivity index (χ1n) is 5.26. The zero-order chi connectivity index (χ0) is 12.0. The minimum atomic E-state index is -0.0614. The molecule has 0 aromatic heterocycles. The van der Waals surface area contributed by atoms with E-state index < -0.39 is 0 Å². The van der Waals surface area contributed by atoms with Crippen LogP contribution in [0.15, 0.2) is 24.3 Å². The van der Waals surface area contributed by atoms with Gasteiger partial charge >= 0.3 is 0 Å². The normalized spacial score (nSPS) is 11.9. The van der Waals surface area contributed by atoms with Crippen LogP contribution in [-0.4, -0.2) is 25.7 Å². The van der Waals surface area contributed by atoms with Crippen molar-refractivity contribution in [3.8, 4) is 0 Å². The van der Waals surface area contributed by atoms with Gasteiger partial charge < -0.3 is 15.4 Å². The van der Waals surface area contributed by atoms with E-state index in [0.29, 0.717) is 0 Å². The lowest BCUT2D eigenvalue weighted by molar-refractivity contribution is -0.114. The first-order valence-corrected chi connectivity index (χ1v) is 5.26. The Balaban J connectivity index is 2.48. The van der Waals surface area contributed by atoms with Crippen LogP contribution >= 0.6 is 0 Å². The van der Waals surface area contributed by atoms with Gasteiger partial charge in [0.2, 0.25) is 5.91 Å². The SMILES string of the molecule is COC(C)CNc1ccc(NC(C)=O)cc1. The summed E-state index contributed by atoms with van der Waals surface area (Å²) in [6.07, 6.45) is 0.176. The third kappa shape index (κ3) is 4.31. The molecule has 0 aliphatic carbocycles. The van der Waals surface area contributed by atoms with Gasteiger partial charge in [0, 0.05) is 32.0 Å². The summed E-state index contributed by atoms with van der Waals surface area (Å²) in [6.45, 7) is 4.25. The van der Waals surface area contributed by atoms with Crippen molar-refractivity contribution in [1.29, 1.82) is 0 Å². The highest BCUT2D eigenvalue weighted by molar-refractivity contribution is 5.88. The second-order valence-electron chi connectivity index (χ2n) is 3.69. The van der Waals surface area contributed by atoms with Gasteiger partial charge in [0.25, 0.3) is 0 Å². The van der Waals surface area contributed by atoms with Crippen LogP contribution in [0.2, 0.25) is 0 Å². The largest absolute Gasteiger partial charge is 0.382 e. The predicted octanol–water partition coefficient (Wildman–Crippen LogP) is 2.09. The number of hydrogen-bond acceptors (Lipinski definition) is 3. The van der Waals surface area contributed by atoms with Crippen molar-refractivity contribution in [2.75, 3.05) is 24.3 Å². The summed E-state index contributed by atoms with van der Waals surface area (Å²) in [5, 5.41) is 5.95. The van der Waals surface area contributed by atoms with Crippen LogP contribution in [0.25, 0.3) is 0 Å². The minimum Gasteiger partial charge on any atom is -0.382 e. The van der Waals surface area contributed by atoms with Gasteiger partial charge in [-0.25, -0.2) is 0 Å². The average Bonchev–Trinajstić information content (AvgIpc) is 2.27. The second kappa shape index (κ2) is 6.12. The number of carbonyl (C=O) groups excluding carboxylic acids is 1. The first kappa shape index (κ1) is 12.5. The van der Waals surface area contributed by atoms with E-state index in [1.807, 2.05) is 31.2 Å². The molecule has 4 nitrogen and oxygen atoms in total. The first-order chi connectivity index (χ1) is 7.61. The van der Waals surface area contributed by atoms with Gasteiger partial charge in [-0.1, -0.05) is 0 Å². The summed E-state index contributed by atoms with van der Waals surface area (Å²) in [5.74, 6) is -0.0614. The molecule has 1 atom stereocenters. The highest BCUT2D eigenvalue weighted by Gasteiger charge is 1.99. The summed E-state index contributed by atoms with van der Waals surface area (Å²) in [4.78, 5) is 10.8. The quantitative estimate of drug-likeness (QED) is 0.802. The second-order valence-corrected chi connectivity index (χ2v) is 3.69. The molecule has 0 fully saturated rings. The molecule has 1 aromatic carbocycles. The molecule has 0 bridgehead atoms. The maximum absolute atomic E-state index is 10.8. The molecular weight excluding hydrogens is 204 g/mol. The number of anilines is 2. The van der Waals surface area contributed by atoms with E-state index in [-0.39, 0.29) is 12.0 Å². The van der Waals surface area contributed by atoms with Crippen molar-refractivity contribution >= 4 is 17.3 Å². The number of ether oxygens (including phenoxy) is 1. The zero-order valence-corrected chi connectivity index (χ0v) is 9.91. The number of amides is 1. The Kier molecular flexibility index (Phi) is 4.79. The van der Waals surface area contributed by atoms with E-state index in [1.165, 1.54) is 6.92 Å². The Morgan fingerprint density at radius 1 is 1.31 bits per heavy atom. The van der Waals surface area contributed by atoms with Crippen LogP contribution in [0, 0.1) is 0 Å². The summed E-state index contributed by atoms with van der Waals surface area (Å²) >= 11 is 0. The third-order valence-corrected chi connectivity index (χ3v) is 2.20. The smallest absolute Gasteiger partial charge is 0.221 e. The number of nitrogens with one attached hydrogen (secondary N) is 2. The molecule has 16 heavy (non-hydrogen) atoms. The highest BCUT2D eigenvalue weighted by Crippen LogP contribution is 2.13. The molecule has 0 aliphatic heterocycles. The molecule has 1 unspecified atom stereocenters. The lowest BCUT2D eigenvalue weighted by Crippen LogP contribution is -2.17. The molecule has 0 spiro atoms. The molecule has 2 N–H and O–H groups in total. The fourth-order valence-corrected chi connectivity index (χ4v) is 1.22. The van der Waals surface area contributed by atoms with Crippen LogP contribution in [0.4, 0.5) is 11.4 Å². The maximum Gasteiger partial charge on any atom is 0.221 e. The third-order valence-electron chi connectivity index (χ3n) is 2.20. The van der Waals surface area contributed by atoms with Gasteiger partial charge in [-0.15, -0.1) is 0 Å². The predicted molar refractivity (Wildman–Crippen MR) is 65.7 cm³/mol. The molecule has 0 heterocycles. The molecule has 88 valence electrons. The van der Waals surface area contributed by atoms with Gasteiger partial charge in [0.05, 0.1) is 6.10 Å². The number of rotatable bonds is 5. The molecule has 1 amide bonds. The zero-order valence-electron chi connectivity index (χ0n) is 9.91. The molecule has 0 radical (unpaired) electrons. The van der Waals surface area contributed by atoms with Crippen LogP contribution in [0.3, 0.4) is 0 Å². The monoisotopic (exact) mass is 222 g/mol. The van der Waals surface area contributed by atoms with Gasteiger partial charge in [0.1, 0.15) is 0 Å². The van der Waals surface area contributed by atoms with Crippen LogP contribution in [0.5, 0.6) is 0 Å². The molecule has 4 heteroatoms. The average molecular weight is 222 g/mol. The number of hydrogen-bond donors (Lipinski definition) is 2. The fraction of sp³-hybridized carbons (Fsp3) is 0.417. The van der Waals surface area contributed by atoms with Crippen molar-refractivity contribution in [2.24, 2.45) is 0 Å². The minimum absolute atomic E-state index is 0.0614. The van der Waals surface area contributed by atoms with E-state index in [2.05, 4.69) is 10.6 Å². The lowest BCUT2D eigenvalue weighted by Gasteiger charge is -2.12. The van der Waals surface area contributed by atoms with Gasteiger partial charge in [-0.2, -0.15) is 0 Å². The summed E-state index contributed by atoms with van der Waals surface area (Å²) in [5.41, 5.74) is 1.82. The summed E-state index contributed by atoms with van der Waals surface area (Å²) in [7, 11) is 1.69. The van der Waals surface area contributed by atoms with Crippen molar-refractivity contribution in [2.45, 2.75) is 20.0 Å². The Labute approximate surface area is 96.0 Å². The van der Waals surface area contributed by atoms with E-state index >= 15 is 0 Å². The van der Waals surface area contributed by atoms with E-state index in [9.17, 15) is 4.79 Å². The summed E-state index contributed by atoms with van der Waals surface area (Å²) in [6, 6.07) is 7.57. The Morgan fingerprint density at radius 3 is 2.38 bits per heavy atom. The van der Waals surface area contributed by atoms with Gasteiger partial charge in [-0.3, -0.25) is 4.79 Å². The molecule has 0 aliphatic rings. The molecule has 0 saturated heterocycles. The molecule has 0 saturated carbocycles. The van der Waals surface area contributed by atoms with E-state index in [1.54, 1.807) is 7.11 Å². The van der Waals surface area contributed by atoms with Crippen LogP contribution in [0.1, 0.15) is 13.8 Å². The highest BCUT2D eigenvalue weighted by atomic mass is 16.5. The van der Waals surface area contributed by atoms with Crippen molar-refractivity contribution in [3.63, 3.8) is 0 Å². The van der Waals surface area contributed by atoms with Gasteiger partial charge in [0.15, 0.2) is 0 Å². The summed E-state index contributed by atoms with van der Waals surface area (Å²) < 4.78 is 5.13. The Hall–Kier alpha value is -1.55. The van der Waals surface area contributed by atoms with Crippen molar-refractivity contribution in [3.05, 3.63) is 24.3 Å². The number of carbonyl (C=O) groups is 1. The van der Waals surface area contributed by atoms with Crippen LogP contribution in [-0.2, 0) is 9.53 Å². The van der Waals surface area contributed by atoms with E-state index in [4.69, 9.17) is 4.74 Å². The number of methoxy groups -OCH3 is 1. The van der Waals surface area contributed by atoms with E-state index in [0.717, 1.165) is 17.9 Å². The molecule has 1 aromatic rings. The Morgan fingerprint density at radius 2 is 1.88 bits per heavy atom. The lowest BCUT2D eigenvalue weighted by atomic mass is 10.2. The van der Waals surface area contributed by atoms with Crippen molar-refractivity contribution < 1.29 is 9.53 Å². The molecular formula is C12H18N2O2. The topological polar surface area (TPSA) is 50.4 Å². The van der Waals surface area contributed by atoms with Gasteiger partial charge in [-0.05, 0) is 31.2 Å². The molecule has 1 rings (SSSR count). The van der Waals surface area contributed by atoms with Crippen molar-refractivity contribution in [1.82, 2.24) is 0 Å². The number of benzene rings is 1. The Bertz CT molecular complexity index is 335. The maximum atomic E-state index is 10.8.